The number of rotatable bonds is 5. The summed E-state index contributed by atoms with van der Waals surface area (Å²) in [6.07, 6.45) is 7.92. The third-order valence-electron chi connectivity index (χ3n) is 5.54. The lowest BCUT2D eigenvalue weighted by Gasteiger charge is -2.39. The average Bonchev–Trinajstić information content (AvgIpc) is 3.07. The first-order valence-corrected chi connectivity index (χ1v) is 9.88. The van der Waals surface area contributed by atoms with Crippen LogP contribution < -0.4 is 4.90 Å². The molecule has 1 saturated carbocycles. The molecule has 6 heteroatoms. The van der Waals surface area contributed by atoms with E-state index in [9.17, 15) is 4.79 Å². The highest BCUT2D eigenvalue weighted by Gasteiger charge is 2.49. The second-order valence-electron chi connectivity index (χ2n) is 7.48. The number of nitrogens with zero attached hydrogens (tertiary/aromatic N) is 4. The fraction of sp³-hybridized carbons (Fsp3) is 0.824. The highest BCUT2D eigenvalue weighted by molar-refractivity contribution is 7.15. The predicted molar refractivity (Wildman–Crippen MR) is 91.7 cm³/mol. The normalized spacial score (nSPS) is 28.1. The van der Waals surface area contributed by atoms with Crippen LogP contribution in [0.2, 0.25) is 0 Å². The highest BCUT2D eigenvalue weighted by Crippen LogP contribution is 2.43. The minimum Gasteiger partial charge on any atom is -0.346 e. The second-order valence-corrected chi connectivity index (χ2v) is 8.52. The molecule has 5 nitrogen and oxygen atoms in total. The molecule has 0 bridgehead atoms. The van der Waals surface area contributed by atoms with E-state index < -0.39 is 0 Å². The molecule has 23 heavy (non-hydrogen) atoms. The molecule has 3 heterocycles. The Bertz CT molecular complexity index is 585. The smallest absolute Gasteiger partial charge is 0.230 e. The summed E-state index contributed by atoms with van der Waals surface area (Å²) in [5, 5.41) is 10.8. The summed E-state index contributed by atoms with van der Waals surface area (Å²) < 4.78 is 0. The average molecular weight is 334 g/mol. The number of likely N-dealkylation sites (tertiary alicyclic amines) is 1. The molecule has 0 aromatic carbocycles. The summed E-state index contributed by atoms with van der Waals surface area (Å²) in [5.74, 6) is 1.20. The number of amides is 1. The van der Waals surface area contributed by atoms with E-state index in [0.717, 1.165) is 74.3 Å². The van der Waals surface area contributed by atoms with Crippen molar-refractivity contribution in [2.24, 2.45) is 11.3 Å². The number of hydrogen-bond donors (Lipinski definition) is 0. The molecule has 4 rings (SSSR count). The molecule has 1 spiro atoms. The van der Waals surface area contributed by atoms with Crippen molar-refractivity contribution in [3.63, 3.8) is 0 Å². The summed E-state index contributed by atoms with van der Waals surface area (Å²) in [6.45, 7) is 5.93. The van der Waals surface area contributed by atoms with Crippen molar-refractivity contribution >= 4 is 22.4 Å². The van der Waals surface area contributed by atoms with Gasteiger partial charge in [0.25, 0.3) is 0 Å². The molecule has 3 aliphatic rings. The molecular weight excluding hydrogens is 308 g/mol. The van der Waals surface area contributed by atoms with Gasteiger partial charge in [0, 0.05) is 32.6 Å². The zero-order valence-electron chi connectivity index (χ0n) is 14.0. The standard InChI is InChI=1S/C17H26N4OS/c1-2-4-14-18-19-16(23-14)21-10-8-17(12-21)7-3-9-20(15(17)22)11-13-5-6-13/h13H,2-12H2,1H3/t17-/m1/s1. The minimum atomic E-state index is -0.149. The predicted octanol–water partition coefficient (Wildman–Crippen LogP) is 2.72. The van der Waals surface area contributed by atoms with E-state index in [1.165, 1.54) is 12.8 Å². The quantitative estimate of drug-likeness (QED) is 0.831. The summed E-state index contributed by atoms with van der Waals surface area (Å²) >= 11 is 1.70. The highest BCUT2D eigenvalue weighted by atomic mass is 32.1. The number of aryl methyl sites for hydroxylation is 1. The first kappa shape index (κ1) is 15.4. The van der Waals surface area contributed by atoms with Gasteiger partial charge in [0.1, 0.15) is 5.01 Å². The summed E-state index contributed by atoms with van der Waals surface area (Å²) in [6, 6.07) is 0. The van der Waals surface area contributed by atoms with Gasteiger partial charge in [0.2, 0.25) is 11.0 Å². The van der Waals surface area contributed by atoms with Gasteiger partial charge in [0.05, 0.1) is 5.41 Å². The van der Waals surface area contributed by atoms with Gasteiger partial charge < -0.3 is 9.80 Å². The van der Waals surface area contributed by atoms with Crippen molar-refractivity contribution in [3.05, 3.63) is 5.01 Å². The fourth-order valence-electron chi connectivity index (χ4n) is 4.04. The number of carbonyl (C=O) groups excluding carboxylic acids is 1. The van der Waals surface area contributed by atoms with Crippen LogP contribution in [0.1, 0.15) is 50.5 Å². The second kappa shape index (κ2) is 6.04. The van der Waals surface area contributed by atoms with Crippen LogP contribution in [0.15, 0.2) is 0 Å². The van der Waals surface area contributed by atoms with Crippen molar-refractivity contribution in [3.8, 4) is 0 Å². The maximum Gasteiger partial charge on any atom is 0.230 e. The largest absolute Gasteiger partial charge is 0.346 e. The number of carbonyl (C=O) groups is 1. The Hall–Kier alpha value is -1.17. The van der Waals surface area contributed by atoms with Crippen LogP contribution in [0.5, 0.6) is 0 Å². The summed E-state index contributed by atoms with van der Waals surface area (Å²) in [4.78, 5) is 17.5. The lowest BCUT2D eigenvalue weighted by Crippen LogP contribution is -2.50. The van der Waals surface area contributed by atoms with Crippen molar-refractivity contribution in [1.82, 2.24) is 15.1 Å². The van der Waals surface area contributed by atoms with Crippen LogP contribution in [0.25, 0.3) is 0 Å². The Labute approximate surface area is 142 Å². The summed E-state index contributed by atoms with van der Waals surface area (Å²) in [7, 11) is 0. The van der Waals surface area contributed by atoms with E-state index >= 15 is 0 Å². The van der Waals surface area contributed by atoms with E-state index in [0.29, 0.717) is 5.91 Å². The SMILES string of the molecule is CCCc1nnc(N2CC[C@]3(CCCN(CC4CC4)C3=O)C2)s1. The molecule has 1 aromatic heterocycles. The Morgan fingerprint density at radius 3 is 2.91 bits per heavy atom. The van der Waals surface area contributed by atoms with Gasteiger partial charge in [-0.15, -0.1) is 10.2 Å². The molecule has 2 aliphatic heterocycles. The molecule has 126 valence electrons. The van der Waals surface area contributed by atoms with Gasteiger partial charge in [-0.1, -0.05) is 18.3 Å². The molecule has 0 radical (unpaired) electrons. The van der Waals surface area contributed by atoms with E-state index in [1.54, 1.807) is 11.3 Å². The van der Waals surface area contributed by atoms with Crippen LogP contribution in [0.3, 0.4) is 0 Å². The monoisotopic (exact) mass is 334 g/mol. The first-order valence-electron chi connectivity index (χ1n) is 9.07. The molecular formula is C17H26N4OS. The van der Waals surface area contributed by atoms with Crippen LogP contribution >= 0.6 is 11.3 Å². The van der Waals surface area contributed by atoms with Gasteiger partial charge in [0.15, 0.2) is 0 Å². The third-order valence-corrected chi connectivity index (χ3v) is 6.59. The first-order chi connectivity index (χ1) is 11.2. The molecule has 1 amide bonds. The maximum atomic E-state index is 13.1. The Morgan fingerprint density at radius 1 is 1.26 bits per heavy atom. The Kier molecular flexibility index (Phi) is 4.03. The van der Waals surface area contributed by atoms with Gasteiger partial charge in [-0.3, -0.25) is 4.79 Å². The topological polar surface area (TPSA) is 49.3 Å². The fourth-order valence-corrected chi connectivity index (χ4v) is 5.01. The summed E-state index contributed by atoms with van der Waals surface area (Å²) in [5.41, 5.74) is -0.149. The lowest BCUT2D eigenvalue weighted by molar-refractivity contribution is -0.145. The number of piperidine rings is 1. The number of anilines is 1. The maximum absolute atomic E-state index is 13.1. The van der Waals surface area contributed by atoms with Crippen LogP contribution in [-0.2, 0) is 11.2 Å². The van der Waals surface area contributed by atoms with Crippen molar-refractivity contribution in [2.75, 3.05) is 31.1 Å². The lowest BCUT2D eigenvalue weighted by atomic mass is 9.78. The number of hydrogen-bond acceptors (Lipinski definition) is 5. The molecule has 1 aromatic rings. The molecule has 3 fully saturated rings. The van der Waals surface area contributed by atoms with Gasteiger partial charge >= 0.3 is 0 Å². The van der Waals surface area contributed by atoms with E-state index in [1.807, 2.05) is 0 Å². The third kappa shape index (κ3) is 2.97. The van der Waals surface area contributed by atoms with Crippen LogP contribution in [0.4, 0.5) is 5.13 Å². The number of aromatic nitrogens is 2. The van der Waals surface area contributed by atoms with Gasteiger partial charge in [-0.05, 0) is 44.4 Å². The Balaban J connectivity index is 1.45. The Morgan fingerprint density at radius 2 is 2.13 bits per heavy atom. The van der Waals surface area contributed by atoms with Crippen LogP contribution in [-0.4, -0.2) is 47.2 Å². The zero-order chi connectivity index (χ0) is 15.9. The van der Waals surface area contributed by atoms with Crippen molar-refractivity contribution in [2.45, 2.75) is 51.9 Å². The molecule has 0 N–H and O–H groups in total. The molecule has 2 saturated heterocycles. The molecule has 1 atom stereocenters. The van der Waals surface area contributed by atoms with Gasteiger partial charge in [-0.25, -0.2) is 0 Å². The van der Waals surface area contributed by atoms with Crippen LogP contribution in [0, 0.1) is 11.3 Å². The van der Waals surface area contributed by atoms with Crippen molar-refractivity contribution < 1.29 is 4.79 Å². The molecule has 1 aliphatic carbocycles. The molecule has 0 unspecified atom stereocenters. The zero-order valence-corrected chi connectivity index (χ0v) is 14.8. The van der Waals surface area contributed by atoms with E-state index in [2.05, 4.69) is 26.9 Å². The minimum absolute atomic E-state index is 0.149. The van der Waals surface area contributed by atoms with E-state index in [4.69, 9.17) is 0 Å². The van der Waals surface area contributed by atoms with E-state index in [-0.39, 0.29) is 5.41 Å². The van der Waals surface area contributed by atoms with Gasteiger partial charge in [-0.2, -0.15) is 0 Å². The van der Waals surface area contributed by atoms with Crippen molar-refractivity contribution in [1.29, 1.82) is 0 Å².